The van der Waals surface area contributed by atoms with Gasteiger partial charge in [-0.2, -0.15) is 0 Å². The fraction of sp³-hybridized carbons (Fsp3) is 0.250. The van der Waals surface area contributed by atoms with Crippen LogP contribution in [0.2, 0.25) is 0 Å². The van der Waals surface area contributed by atoms with Gasteiger partial charge in [-0.1, -0.05) is 6.07 Å². The number of aliphatic hydroxyl groups is 1. The van der Waals surface area contributed by atoms with E-state index in [1.54, 1.807) is 6.20 Å². The minimum atomic E-state index is -0.689. The maximum atomic E-state index is 10.4. The molecular formula is C16H17N3OS. The Labute approximate surface area is 127 Å². The Balaban J connectivity index is 1.89. The molecule has 4 nitrogen and oxygen atoms in total. The Morgan fingerprint density at radius 3 is 2.90 bits per heavy atom. The van der Waals surface area contributed by atoms with E-state index in [0.29, 0.717) is 12.4 Å². The van der Waals surface area contributed by atoms with Crippen LogP contribution in [0.3, 0.4) is 0 Å². The highest BCUT2D eigenvalue weighted by molar-refractivity contribution is 7.10. The fourth-order valence-electron chi connectivity index (χ4n) is 2.46. The van der Waals surface area contributed by atoms with Gasteiger partial charge in [0.15, 0.2) is 0 Å². The van der Waals surface area contributed by atoms with Gasteiger partial charge in [0.2, 0.25) is 0 Å². The molecule has 0 aliphatic carbocycles. The van der Waals surface area contributed by atoms with Gasteiger partial charge in [0.25, 0.3) is 0 Å². The molecule has 3 aromatic rings. The van der Waals surface area contributed by atoms with Gasteiger partial charge in [0.1, 0.15) is 11.9 Å². The summed E-state index contributed by atoms with van der Waals surface area (Å²) in [6.45, 7) is 4.67. The third-order valence-corrected chi connectivity index (χ3v) is 4.21. The van der Waals surface area contributed by atoms with E-state index in [1.807, 2.05) is 35.2 Å². The summed E-state index contributed by atoms with van der Waals surface area (Å²) in [5.41, 5.74) is 3.17. The average molecular weight is 299 g/mol. The first-order valence-corrected chi connectivity index (χ1v) is 7.68. The maximum Gasteiger partial charge on any atom is 0.146 e. The van der Waals surface area contributed by atoms with Crippen molar-refractivity contribution in [2.24, 2.45) is 0 Å². The molecule has 0 saturated heterocycles. The van der Waals surface area contributed by atoms with Crippen molar-refractivity contribution in [1.29, 1.82) is 0 Å². The van der Waals surface area contributed by atoms with Crippen LogP contribution >= 0.6 is 11.3 Å². The Morgan fingerprint density at radius 1 is 1.33 bits per heavy atom. The van der Waals surface area contributed by atoms with Crippen molar-refractivity contribution in [3.8, 4) is 0 Å². The van der Waals surface area contributed by atoms with Crippen LogP contribution in [0.1, 0.15) is 33.8 Å². The highest BCUT2D eigenvalue weighted by Gasteiger charge is 2.17. The van der Waals surface area contributed by atoms with Crippen molar-refractivity contribution in [2.45, 2.75) is 26.5 Å². The molecule has 1 unspecified atom stereocenters. The van der Waals surface area contributed by atoms with Gasteiger partial charge < -0.3 is 9.67 Å². The zero-order valence-electron chi connectivity index (χ0n) is 12.0. The van der Waals surface area contributed by atoms with Gasteiger partial charge in [0, 0.05) is 23.0 Å². The summed E-state index contributed by atoms with van der Waals surface area (Å²) in [4.78, 5) is 9.75. The molecule has 21 heavy (non-hydrogen) atoms. The van der Waals surface area contributed by atoms with Gasteiger partial charge in [0.05, 0.1) is 12.2 Å². The number of aliphatic hydroxyl groups excluding tert-OH is 1. The molecule has 0 fully saturated rings. The van der Waals surface area contributed by atoms with E-state index in [4.69, 9.17) is 0 Å². The topological polar surface area (TPSA) is 50.9 Å². The van der Waals surface area contributed by atoms with Gasteiger partial charge in [-0.15, -0.1) is 11.3 Å². The van der Waals surface area contributed by atoms with E-state index >= 15 is 0 Å². The Morgan fingerprint density at radius 2 is 2.19 bits per heavy atom. The lowest BCUT2D eigenvalue weighted by atomic mass is 10.2. The van der Waals surface area contributed by atoms with Gasteiger partial charge in [-0.3, -0.25) is 4.98 Å². The average Bonchev–Trinajstić information content (AvgIpc) is 3.07. The summed E-state index contributed by atoms with van der Waals surface area (Å²) >= 11 is 1.53. The monoisotopic (exact) mass is 299 g/mol. The van der Waals surface area contributed by atoms with Crippen LogP contribution in [-0.4, -0.2) is 19.6 Å². The third kappa shape index (κ3) is 3.04. The first-order chi connectivity index (χ1) is 10.1. The highest BCUT2D eigenvalue weighted by Crippen LogP contribution is 2.25. The van der Waals surface area contributed by atoms with Crippen molar-refractivity contribution in [2.75, 3.05) is 0 Å². The molecule has 0 amide bonds. The van der Waals surface area contributed by atoms with Crippen molar-refractivity contribution < 1.29 is 5.11 Å². The molecule has 108 valence electrons. The van der Waals surface area contributed by atoms with Gasteiger partial charge in [-0.25, -0.2) is 4.98 Å². The SMILES string of the molecule is Cc1cc(C)nc(Cn2ccnc2C(O)c2cccs2)c1. The van der Waals surface area contributed by atoms with Crippen LogP contribution in [0.5, 0.6) is 0 Å². The zero-order chi connectivity index (χ0) is 14.8. The number of imidazole rings is 1. The van der Waals surface area contributed by atoms with E-state index in [2.05, 4.69) is 29.0 Å². The number of nitrogens with zero attached hydrogens (tertiary/aromatic N) is 3. The molecule has 1 N–H and O–H groups in total. The fourth-order valence-corrected chi connectivity index (χ4v) is 3.16. The lowest BCUT2D eigenvalue weighted by Crippen LogP contribution is -2.11. The zero-order valence-corrected chi connectivity index (χ0v) is 12.8. The lowest BCUT2D eigenvalue weighted by Gasteiger charge is -2.12. The Hall–Kier alpha value is -1.98. The molecule has 3 aromatic heterocycles. The molecule has 1 atom stereocenters. The maximum absolute atomic E-state index is 10.4. The van der Waals surface area contributed by atoms with Crippen LogP contribution < -0.4 is 0 Å². The molecule has 5 heteroatoms. The quantitative estimate of drug-likeness (QED) is 0.805. The smallest absolute Gasteiger partial charge is 0.146 e. The standard InChI is InChI=1S/C16H17N3OS/c1-11-8-12(2)18-13(9-11)10-19-6-5-17-16(19)15(20)14-4-3-7-21-14/h3-9,15,20H,10H2,1-2H3. The molecule has 0 bridgehead atoms. The molecule has 0 spiro atoms. The van der Waals surface area contributed by atoms with E-state index < -0.39 is 6.10 Å². The van der Waals surface area contributed by atoms with E-state index in [-0.39, 0.29) is 0 Å². The molecular weight excluding hydrogens is 282 g/mol. The van der Waals surface area contributed by atoms with Gasteiger partial charge >= 0.3 is 0 Å². The van der Waals surface area contributed by atoms with Crippen LogP contribution in [0.25, 0.3) is 0 Å². The third-order valence-electron chi connectivity index (χ3n) is 3.29. The van der Waals surface area contributed by atoms with Crippen LogP contribution in [0.15, 0.2) is 42.0 Å². The molecule has 0 aliphatic rings. The number of hydrogen-bond donors (Lipinski definition) is 1. The lowest BCUT2D eigenvalue weighted by molar-refractivity contribution is 0.209. The predicted octanol–water partition coefficient (Wildman–Crippen LogP) is 3.09. The number of aromatic nitrogens is 3. The first kappa shape index (κ1) is 14.0. The first-order valence-electron chi connectivity index (χ1n) is 6.80. The van der Waals surface area contributed by atoms with Crippen molar-refractivity contribution in [3.05, 3.63) is 69.7 Å². The van der Waals surface area contributed by atoms with Crippen molar-refractivity contribution in [3.63, 3.8) is 0 Å². The number of aryl methyl sites for hydroxylation is 2. The second kappa shape index (κ2) is 5.79. The van der Waals surface area contributed by atoms with Crippen LogP contribution in [0, 0.1) is 13.8 Å². The minimum Gasteiger partial charge on any atom is -0.380 e. The predicted molar refractivity (Wildman–Crippen MR) is 83.4 cm³/mol. The highest BCUT2D eigenvalue weighted by atomic mass is 32.1. The summed E-state index contributed by atoms with van der Waals surface area (Å²) in [6.07, 6.45) is 2.91. The van der Waals surface area contributed by atoms with Gasteiger partial charge in [-0.05, 0) is 43.0 Å². The van der Waals surface area contributed by atoms with E-state index in [9.17, 15) is 5.11 Å². The molecule has 3 rings (SSSR count). The largest absolute Gasteiger partial charge is 0.380 e. The summed E-state index contributed by atoms with van der Waals surface area (Å²) in [5, 5.41) is 12.4. The number of pyridine rings is 1. The molecule has 0 aliphatic heterocycles. The van der Waals surface area contributed by atoms with Crippen LogP contribution in [-0.2, 0) is 6.54 Å². The second-order valence-electron chi connectivity index (χ2n) is 5.11. The minimum absolute atomic E-state index is 0.611. The number of thiophene rings is 1. The van der Waals surface area contributed by atoms with Crippen molar-refractivity contribution in [1.82, 2.24) is 14.5 Å². The molecule has 0 radical (unpaired) electrons. The number of rotatable bonds is 4. The van der Waals surface area contributed by atoms with Crippen LogP contribution in [0.4, 0.5) is 0 Å². The second-order valence-corrected chi connectivity index (χ2v) is 6.09. The Kier molecular flexibility index (Phi) is 3.86. The molecule has 0 saturated carbocycles. The van der Waals surface area contributed by atoms with Crippen molar-refractivity contribution >= 4 is 11.3 Å². The Bertz CT molecular complexity index is 714. The molecule has 0 aromatic carbocycles. The summed E-state index contributed by atoms with van der Waals surface area (Å²) in [6, 6.07) is 7.97. The summed E-state index contributed by atoms with van der Waals surface area (Å²) < 4.78 is 1.95. The van der Waals surface area contributed by atoms with E-state index in [1.165, 1.54) is 16.9 Å². The number of hydrogen-bond acceptors (Lipinski definition) is 4. The normalized spacial score (nSPS) is 12.5. The van der Waals surface area contributed by atoms with E-state index in [0.717, 1.165) is 16.3 Å². The summed E-state index contributed by atoms with van der Waals surface area (Å²) in [5.74, 6) is 0.651. The summed E-state index contributed by atoms with van der Waals surface area (Å²) in [7, 11) is 0. The molecule has 3 heterocycles.